The number of ether oxygens (including phenoxy) is 12. The third-order valence-electron chi connectivity index (χ3n) is 10.4. The van der Waals surface area contributed by atoms with E-state index < -0.39 is 62.5 Å². The molecule has 0 radical (unpaired) electrons. The summed E-state index contributed by atoms with van der Waals surface area (Å²) in [5.41, 5.74) is 9.80. The lowest BCUT2D eigenvalue weighted by atomic mass is 10.0. The minimum absolute atomic E-state index is 0.0140. The van der Waals surface area contributed by atoms with Crippen molar-refractivity contribution in [2.75, 3.05) is 158 Å². The van der Waals surface area contributed by atoms with E-state index in [1.807, 2.05) is 31.3 Å². The Labute approximate surface area is 459 Å². The first-order chi connectivity index (χ1) is 38.7. The number of amidine groups is 1. The summed E-state index contributed by atoms with van der Waals surface area (Å²) in [7, 11) is -5.65. The summed E-state index contributed by atoms with van der Waals surface area (Å²) in [5.74, 6) is -12.7. The van der Waals surface area contributed by atoms with E-state index in [1.54, 1.807) is 18.6 Å². The molecule has 1 aliphatic heterocycles. The molecule has 4 rings (SSSR count). The second-order valence-electron chi connectivity index (χ2n) is 16.4. The Balaban J connectivity index is 0.838. The standard InChI is InChI=1S/C50H68F4N6O19S/c1-2-7-60(49(62)38-30-37-4-3-36(39-33-56-35-57-34-39)31-40(37)59-41(55)32-38)78-9-6-58-50(63)77-29-28-76-27-26-75-25-24-74-23-22-73-21-20-72-19-18-71-17-16-70-15-14-69-13-12-68-11-10-67-8-5-42(61)79-47-43(51)45(53)48(80(64,65)66)46(54)44(47)52/h3-4,30-31,33-35H,2,5-29,32H2,1H3,(H2,55,59)(H,58,63)(H,64,65,66)/p+1. The largest absolute Gasteiger partial charge is 0.447 e. The number of nitrogens with zero attached hydrogens (tertiary/aromatic N) is 3. The molecule has 2 amide bonds. The number of carbonyl (C=O) groups is 3. The molecule has 2 heterocycles. The molecule has 80 heavy (non-hydrogen) atoms. The third kappa shape index (κ3) is 25.7. The lowest BCUT2D eigenvalue weighted by Gasteiger charge is -2.22. The zero-order valence-electron chi connectivity index (χ0n) is 44.3. The first-order valence-electron chi connectivity index (χ1n) is 25.4. The molecule has 1 aromatic heterocycles. The SMILES string of the molecule is CCCN(OCCNC(=O)OCCOCCOCCOCCOCCOCCOCCOCCOCCOCCOCCC(=O)Oc1c(F)c(F)c(S(=O)(=O)O)c(F)c1F)C(=O)C1=Cc2ccc(-c3cnc[nH+]c3)cc2N=C(N)C1. The van der Waals surface area contributed by atoms with Crippen LogP contribution in [0.1, 0.15) is 31.7 Å². The van der Waals surface area contributed by atoms with Crippen molar-refractivity contribution >= 4 is 45.7 Å². The van der Waals surface area contributed by atoms with E-state index >= 15 is 0 Å². The highest BCUT2D eigenvalue weighted by Gasteiger charge is 2.34. The number of hydrogen-bond donors (Lipinski definition) is 3. The Morgan fingerprint density at radius 1 is 0.688 bits per heavy atom. The Kier molecular flexibility index (Phi) is 32.3. The summed E-state index contributed by atoms with van der Waals surface area (Å²) in [4.78, 5) is 52.7. The van der Waals surface area contributed by atoms with E-state index in [1.165, 1.54) is 5.06 Å². The molecule has 0 fully saturated rings. The number of fused-ring (bicyclic) bond motifs is 1. The number of halogens is 4. The zero-order valence-corrected chi connectivity index (χ0v) is 45.1. The number of H-pyrrole nitrogens is 1. The number of hydroxylamine groups is 2. The van der Waals surface area contributed by atoms with E-state index in [-0.39, 0.29) is 71.7 Å². The molecular formula is C50H69F4N6O19S+. The highest BCUT2D eigenvalue weighted by atomic mass is 32.2. The van der Waals surface area contributed by atoms with Crippen LogP contribution in [-0.2, 0) is 76.7 Å². The molecule has 0 spiro atoms. The van der Waals surface area contributed by atoms with Gasteiger partial charge in [-0.3, -0.25) is 19.0 Å². The summed E-state index contributed by atoms with van der Waals surface area (Å²) in [6, 6.07) is 5.69. The topological polar surface area (TPSA) is 306 Å². The molecule has 3 aromatic rings. The quantitative estimate of drug-likeness (QED) is 0.0139. The third-order valence-corrected chi connectivity index (χ3v) is 11.3. The van der Waals surface area contributed by atoms with Gasteiger partial charge in [-0.25, -0.2) is 28.6 Å². The average Bonchev–Trinajstić information content (AvgIpc) is 3.74. The van der Waals surface area contributed by atoms with Crippen molar-refractivity contribution in [3.05, 3.63) is 71.3 Å². The number of hydrogen-bond acceptors (Lipinski definition) is 21. The van der Waals surface area contributed by atoms with Gasteiger partial charge in [0, 0.05) is 30.6 Å². The van der Waals surface area contributed by atoms with Gasteiger partial charge in [0.15, 0.2) is 22.7 Å². The second kappa shape index (κ2) is 38.7. The molecule has 5 N–H and O–H groups in total. The molecule has 0 bridgehead atoms. The molecule has 446 valence electrons. The van der Waals surface area contributed by atoms with Gasteiger partial charge in [-0.15, -0.1) is 0 Å². The van der Waals surface area contributed by atoms with E-state index in [9.17, 15) is 40.4 Å². The second-order valence-corrected chi connectivity index (χ2v) is 17.8. The molecule has 0 unspecified atom stereocenters. The van der Waals surface area contributed by atoms with Crippen molar-refractivity contribution in [1.82, 2.24) is 15.4 Å². The van der Waals surface area contributed by atoms with Crippen molar-refractivity contribution in [1.29, 1.82) is 0 Å². The van der Waals surface area contributed by atoms with Gasteiger partial charge in [0.2, 0.25) is 17.4 Å². The normalized spacial score (nSPS) is 12.4. The number of esters is 1. The van der Waals surface area contributed by atoms with Gasteiger partial charge < -0.3 is 67.9 Å². The van der Waals surface area contributed by atoms with Crippen molar-refractivity contribution in [3.63, 3.8) is 0 Å². The summed E-state index contributed by atoms with van der Waals surface area (Å²) < 4.78 is 150. The molecule has 25 nitrogen and oxygen atoms in total. The molecule has 1 aliphatic rings. The number of amides is 2. The number of aromatic amines is 1. The van der Waals surface area contributed by atoms with Crippen LogP contribution in [0.4, 0.5) is 28.0 Å². The van der Waals surface area contributed by atoms with E-state index in [4.69, 9.17) is 67.2 Å². The fourth-order valence-electron chi connectivity index (χ4n) is 6.64. The van der Waals surface area contributed by atoms with Crippen LogP contribution in [0.5, 0.6) is 5.75 Å². The van der Waals surface area contributed by atoms with E-state index in [2.05, 4.69) is 25.0 Å². The highest BCUT2D eigenvalue weighted by Crippen LogP contribution is 2.33. The number of rotatable bonds is 43. The predicted octanol–water partition coefficient (Wildman–Crippen LogP) is 3.20. The molecule has 0 atom stereocenters. The van der Waals surface area contributed by atoms with Crippen molar-refractivity contribution < 1.29 is 112 Å². The molecular weight excluding hydrogens is 1100 g/mol. The Morgan fingerprint density at radius 2 is 1.18 bits per heavy atom. The maximum atomic E-state index is 14.0. The number of aromatic nitrogens is 2. The minimum Gasteiger partial charge on any atom is -0.447 e. The maximum absolute atomic E-state index is 14.0. The number of nitrogens with two attached hydrogens (primary N) is 1. The lowest BCUT2D eigenvalue weighted by Crippen LogP contribution is -2.37. The van der Waals surface area contributed by atoms with Crippen LogP contribution in [-0.4, -0.2) is 205 Å². The van der Waals surface area contributed by atoms with Gasteiger partial charge >= 0.3 is 22.2 Å². The van der Waals surface area contributed by atoms with Gasteiger partial charge in [-0.2, -0.15) is 17.2 Å². The Bertz CT molecular complexity index is 2490. The molecule has 2 aromatic carbocycles. The van der Waals surface area contributed by atoms with E-state index in [0.29, 0.717) is 123 Å². The smallest absolute Gasteiger partial charge is 0.407 e. The maximum Gasteiger partial charge on any atom is 0.407 e. The fraction of sp³-hybridized carbons (Fsp3) is 0.560. The summed E-state index contributed by atoms with van der Waals surface area (Å²) in [6.45, 7) is 7.94. The Hall–Kier alpha value is -5.87. The van der Waals surface area contributed by atoms with E-state index in [0.717, 1.165) is 16.7 Å². The molecule has 30 heteroatoms. The van der Waals surface area contributed by atoms with Crippen molar-refractivity contribution in [2.45, 2.75) is 31.1 Å². The lowest BCUT2D eigenvalue weighted by molar-refractivity contribution is -0.382. The Morgan fingerprint density at radius 3 is 1.64 bits per heavy atom. The summed E-state index contributed by atoms with van der Waals surface area (Å²) >= 11 is 0. The van der Waals surface area contributed by atoms with Crippen LogP contribution in [0.2, 0.25) is 0 Å². The predicted molar refractivity (Wildman–Crippen MR) is 272 cm³/mol. The van der Waals surface area contributed by atoms with Crippen molar-refractivity contribution in [2.24, 2.45) is 10.7 Å². The highest BCUT2D eigenvalue weighted by molar-refractivity contribution is 7.85. The number of benzene rings is 2. The van der Waals surface area contributed by atoms with Gasteiger partial charge in [0.25, 0.3) is 12.2 Å². The first-order valence-corrected chi connectivity index (χ1v) is 26.8. The van der Waals surface area contributed by atoms with Crippen molar-refractivity contribution in [3.8, 4) is 16.9 Å². The summed E-state index contributed by atoms with van der Waals surface area (Å²) in [5, 5.41) is 3.86. The van der Waals surface area contributed by atoms with Gasteiger partial charge in [-0.1, -0.05) is 24.0 Å². The average molecular weight is 1170 g/mol. The number of aliphatic imine (C=N–C) groups is 1. The molecule has 0 saturated carbocycles. The fourth-order valence-corrected chi connectivity index (χ4v) is 7.27. The number of alkyl carbamates (subject to hydrolysis) is 1. The van der Waals surface area contributed by atoms with Gasteiger partial charge in [-0.05, 0) is 24.1 Å². The van der Waals surface area contributed by atoms with Crippen LogP contribution in [0, 0.1) is 23.3 Å². The molecule has 0 saturated heterocycles. The number of nitrogens with one attached hydrogen (secondary N) is 2. The minimum atomic E-state index is -5.65. The van der Waals surface area contributed by atoms with Crippen LogP contribution < -0.4 is 20.8 Å². The number of carbonyl (C=O) groups excluding carboxylic acids is 3. The zero-order chi connectivity index (χ0) is 57.8. The first kappa shape index (κ1) is 66.6. The van der Waals surface area contributed by atoms with Gasteiger partial charge in [0.05, 0.1) is 163 Å². The monoisotopic (exact) mass is 1170 g/mol. The van der Waals surface area contributed by atoms with Crippen LogP contribution in [0.25, 0.3) is 17.2 Å². The van der Waals surface area contributed by atoms with Gasteiger partial charge in [0.1, 0.15) is 12.4 Å². The van der Waals surface area contributed by atoms with Crippen LogP contribution >= 0.6 is 0 Å². The summed E-state index contributed by atoms with van der Waals surface area (Å²) in [6.07, 6.45) is 6.46. The van der Waals surface area contributed by atoms with Crippen LogP contribution in [0.15, 0.2) is 52.4 Å². The van der Waals surface area contributed by atoms with Crippen LogP contribution in [0.3, 0.4) is 0 Å². The molecule has 0 aliphatic carbocycles.